The summed E-state index contributed by atoms with van der Waals surface area (Å²) in [6, 6.07) is 12.3. The molecule has 1 aromatic carbocycles. The highest BCUT2D eigenvalue weighted by atomic mass is 15.1. The highest BCUT2D eigenvalue weighted by molar-refractivity contribution is 5.75. The van der Waals surface area contributed by atoms with Gasteiger partial charge in [0.05, 0.1) is 22.8 Å². The number of aromatic amines is 1. The SMILES string of the molecule is N#CC(c1ccnc(NC2CCCC2)n1)c1nc2ccccc2[nH]1. The second-order valence-electron chi connectivity index (χ2n) is 6.13. The van der Waals surface area contributed by atoms with Crippen molar-refractivity contribution in [2.24, 2.45) is 0 Å². The van der Waals surface area contributed by atoms with Crippen LogP contribution in [-0.4, -0.2) is 26.0 Å². The first kappa shape index (κ1) is 14.6. The molecule has 2 heterocycles. The van der Waals surface area contributed by atoms with E-state index in [1.807, 2.05) is 24.3 Å². The van der Waals surface area contributed by atoms with Gasteiger partial charge in [0.25, 0.3) is 0 Å². The summed E-state index contributed by atoms with van der Waals surface area (Å²) >= 11 is 0. The maximum Gasteiger partial charge on any atom is 0.223 e. The van der Waals surface area contributed by atoms with E-state index in [-0.39, 0.29) is 0 Å². The lowest BCUT2D eigenvalue weighted by Gasteiger charge is -2.13. The molecular formula is C18H18N6. The van der Waals surface area contributed by atoms with Crippen molar-refractivity contribution < 1.29 is 0 Å². The number of para-hydroxylation sites is 2. The van der Waals surface area contributed by atoms with E-state index in [9.17, 15) is 5.26 Å². The number of imidazole rings is 1. The third-order valence-corrected chi connectivity index (χ3v) is 4.47. The van der Waals surface area contributed by atoms with E-state index >= 15 is 0 Å². The standard InChI is InChI=1S/C18H18N6/c19-11-13(17-22-15-7-3-4-8-16(15)23-17)14-9-10-20-18(24-14)21-12-5-1-2-6-12/h3-4,7-10,12-13H,1-2,5-6H2,(H,22,23)(H,20,21,24). The number of nitriles is 1. The first-order valence-corrected chi connectivity index (χ1v) is 8.27. The minimum atomic E-state index is -0.537. The van der Waals surface area contributed by atoms with E-state index in [1.165, 1.54) is 12.8 Å². The van der Waals surface area contributed by atoms with Crippen LogP contribution >= 0.6 is 0 Å². The number of nitrogens with zero attached hydrogens (tertiary/aromatic N) is 4. The number of benzene rings is 1. The second kappa shape index (κ2) is 6.28. The fraction of sp³-hybridized carbons (Fsp3) is 0.333. The van der Waals surface area contributed by atoms with Gasteiger partial charge in [-0.15, -0.1) is 0 Å². The Bertz CT molecular complexity index is 855. The zero-order chi connectivity index (χ0) is 16.4. The monoisotopic (exact) mass is 318 g/mol. The van der Waals surface area contributed by atoms with Crippen molar-refractivity contribution in [3.8, 4) is 6.07 Å². The van der Waals surface area contributed by atoms with Gasteiger partial charge in [0.2, 0.25) is 5.95 Å². The number of hydrogen-bond acceptors (Lipinski definition) is 5. The van der Waals surface area contributed by atoms with E-state index in [4.69, 9.17) is 0 Å². The number of aromatic nitrogens is 4. The summed E-state index contributed by atoms with van der Waals surface area (Å²) in [7, 11) is 0. The molecule has 0 radical (unpaired) electrons. The smallest absolute Gasteiger partial charge is 0.223 e. The summed E-state index contributed by atoms with van der Waals surface area (Å²) in [6.07, 6.45) is 6.50. The molecule has 1 aliphatic rings. The van der Waals surface area contributed by atoms with Crippen molar-refractivity contribution in [1.82, 2.24) is 19.9 Å². The van der Waals surface area contributed by atoms with Gasteiger partial charge < -0.3 is 10.3 Å². The highest BCUT2D eigenvalue weighted by Gasteiger charge is 2.21. The van der Waals surface area contributed by atoms with Crippen LogP contribution in [0.4, 0.5) is 5.95 Å². The molecule has 24 heavy (non-hydrogen) atoms. The van der Waals surface area contributed by atoms with Crippen LogP contribution in [0.15, 0.2) is 36.5 Å². The van der Waals surface area contributed by atoms with Gasteiger partial charge in [-0.1, -0.05) is 25.0 Å². The molecule has 0 saturated heterocycles. The number of anilines is 1. The Morgan fingerprint density at radius 1 is 1.17 bits per heavy atom. The van der Waals surface area contributed by atoms with E-state index in [0.717, 1.165) is 23.9 Å². The van der Waals surface area contributed by atoms with Gasteiger partial charge in [0.15, 0.2) is 0 Å². The Labute approximate surface area is 140 Å². The Morgan fingerprint density at radius 3 is 2.79 bits per heavy atom. The maximum absolute atomic E-state index is 9.64. The Hall–Kier alpha value is -2.94. The molecule has 0 amide bonds. The van der Waals surface area contributed by atoms with Gasteiger partial charge in [0, 0.05) is 12.2 Å². The summed E-state index contributed by atoms with van der Waals surface area (Å²) in [6.45, 7) is 0. The maximum atomic E-state index is 9.64. The molecule has 120 valence electrons. The Morgan fingerprint density at radius 2 is 2.00 bits per heavy atom. The largest absolute Gasteiger partial charge is 0.351 e. The lowest BCUT2D eigenvalue weighted by atomic mass is 10.1. The van der Waals surface area contributed by atoms with Crippen LogP contribution in [0.2, 0.25) is 0 Å². The van der Waals surface area contributed by atoms with Crippen molar-refractivity contribution in [3.63, 3.8) is 0 Å². The van der Waals surface area contributed by atoms with Gasteiger partial charge >= 0.3 is 0 Å². The van der Waals surface area contributed by atoms with Crippen LogP contribution in [0.5, 0.6) is 0 Å². The van der Waals surface area contributed by atoms with Gasteiger partial charge in [-0.3, -0.25) is 0 Å². The van der Waals surface area contributed by atoms with Crippen molar-refractivity contribution in [3.05, 3.63) is 48.0 Å². The quantitative estimate of drug-likeness (QED) is 0.769. The lowest BCUT2D eigenvalue weighted by Crippen LogP contribution is -2.17. The van der Waals surface area contributed by atoms with Crippen molar-refractivity contribution in [2.75, 3.05) is 5.32 Å². The number of hydrogen-bond donors (Lipinski definition) is 2. The Balaban J connectivity index is 1.63. The molecule has 4 rings (SSSR count). The molecule has 6 heteroatoms. The molecule has 1 atom stereocenters. The third kappa shape index (κ3) is 2.81. The zero-order valence-corrected chi connectivity index (χ0v) is 13.2. The molecular weight excluding hydrogens is 300 g/mol. The van der Waals surface area contributed by atoms with E-state index in [1.54, 1.807) is 12.3 Å². The fourth-order valence-electron chi connectivity index (χ4n) is 3.23. The lowest BCUT2D eigenvalue weighted by molar-refractivity contribution is 0.740. The van der Waals surface area contributed by atoms with Gasteiger partial charge in [-0.25, -0.2) is 15.0 Å². The van der Waals surface area contributed by atoms with Crippen LogP contribution in [0.1, 0.15) is 43.1 Å². The average Bonchev–Trinajstić information content (AvgIpc) is 3.25. The molecule has 0 bridgehead atoms. The molecule has 1 aliphatic carbocycles. The van der Waals surface area contributed by atoms with E-state index in [0.29, 0.717) is 23.5 Å². The van der Waals surface area contributed by atoms with Gasteiger partial charge in [-0.05, 0) is 31.0 Å². The average molecular weight is 318 g/mol. The highest BCUT2D eigenvalue weighted by Crippen LogP contribution is 2.24. The minimum absolute atomic E-state index is 0.437. The predicted molar refractivity (Wildman–Crippen MR) is 91.5 cm³/mol. The first-order chi connectivity index (χ1) is 11.8. The summed E-state index contributed by atoms with van der Waals surface area (Å²) in [5, 5.41) is 13.0. The number of nitrogens with one attached hydrogen (secondary N) is 2. The second-order valence-corrected chi connectivity index (χ2v) is 6.13. The molecule has 1 saturated carbocycles. The van der Waals surface area contributed by atoms with Crippen molar-refractivity contribution >= 4 is 17.0 Å². The molecule has 1 unspecified atom stereocenters. The Kier molecular flexibility index (Phi) is 3.83. The topological polar surface area (TPSA) is 90.3 Å². The summed E-state index contributed by atoms with van der Waals surface area (Å²) in [5.74, 6) is 0.671. The number of fused-ring (bicyclic) bond motifs is 1. The van der Waals surface area contributed by atoms with Crippen LogP contribution in [0.25, 0.3) is 11.0 Å². The molecule has 6 nitrogen and oxygen atoms in total. The minimum Gasteiger partial charge on any atom is -0.351 e. The van der Waals surface area contributed by atoms with Crippen LogP contribution in [0, 0.1) is 11.3 Å². The molecule has 1 fully saturated rings. The third-order valence-electron chi connectivity index (χ3n) is 4.47. The van der Waals surface area contributed by atoms with E-state index < -0.39 is 5.92 Å². The van der Waals surface area contributed by atoms with Gasteiger partial charge in [-0.2, -0.15) is 5.26 Å². The molecule has 3 aromatic rings. The first-order valence-electron chi connectivity index (χ1n) is 8.27. The molecule has 0 spiro atoms. The van der Waals surface area contributed by atoms with Crippen LogP contribution < -0.4 is 5.32 Å². The summed E-state index contributed by atoms with van der Waals surface area (Å²) in [5.41, 5.74) is 2.43. The number of rotatable bonds is 4. The summed E-state index contributed by atoms with van der Waals surface area (Å²) in [4.78, 5) is 16.6. The molecule has 2 aromatic heterocycles. The van der Waals surface area contributed by atoms with Crippen LogP contribution in [0.3, 0.4) is 0 Å². The van der Waals surface area contributed by atoms with E-state index in [2.05, 4.69) is 31.3 Å². The summed E-state index contributed by atoms with van der Waals surface area (Å²) < 4.78 is 0. The van der Waals surface area contributed by atoms with Crippen molar-refractivity contribution in [1.29, 1.82) is 5.26 Å². The van der Waals surface area contributed by atoms with Crippen LogP contribution in [-0.2, 0) is 0 Å². The fourth-order valence-corrected chi connectivity index (χ4v) is 3.23. The van der Waals surface area contributed by atoms with Crippen molar-refractivity contribution in [2.45, 2.75) is 37.6 Å². The number of H-pyrrole nitrogens is 1. The zero-order valence-electron chi connectivity index (χ0n) is 13.2. The molecule has 2 N–H and O–H groups in total. The predicted octanol–water partition coefficient (Wildman–Crippen LogP) is 3.36. The normalized spacial score (nSPS) is 16.1. The molecule has 0 aliphatic heterocycles. The van der Waals surface area contributed by atoms with Gasteiger partial charge in [0.1, 0.15) is 11.7 Å².